The number of anilines is 1. The minimum Gasteiger partial charge on any atom is -0.507 e. The highest BCUT2D eigenvalue weighted by atomic mass is 32.2. The molecule has 0 bridgehead atoms. The molecule has 0 saturated carbocycles. The van der Waals surface area contributed by atoms with Crippen LogP contribution in [0.3, 0.4) is 0 Å². The summed E-state index contributed by atoms with van der Waals surface area (Å²) in [4.78, 5) is 37.8. The van der Waals surface area contributed by atoms with E-state index in [1.165, 1.54) is 0 Å². The Kier molecular flexibility index (Phi) is 8.88. The zero-order chi connectivity index (χ0) is 25.5. The van der Waals surface area contributed by atoms with Gasteiger partial charge < -0.3 is 24.5 Å². The lowest BCUT2D eigenvalue weighted by atomic mass is 10.1. The zero-order valence-corrected chi connectivity index (χ0v) is 21.4. The molecular weight excluding hydrogens is 492 g/mol. The quantitative estimate of drug-likeness (QED) is 0.300. The fourth-order valence-electron chi connectivity index (χ4n) is 3.28. The number of hydrogen-bond donors (Lipinski definition) is 2. The van der Waals surface area contributed by atoms with Gasteiger partial charge in [-0.3, -0.25) is 4.79 Å². The van der Waals surface area contributed by atoms with Crippen molar-refractivity contribution < 1.29 is 29.0 Å². The number of carbonyl (C=O) groups excluding carboxylic acids is 3. The van der Waals surface area contributed by atoms with Crippen LogP contribution in [0.1, 0.15) is 46.4 Å². The second-order valence-electron chi connectivity index (χ2n) is 7.11. The number of ether oxygens (including phenoxy) is 2. The molecule has 35 heavy (non-hydrogen) atoms. The lowest BCUT2D eigenvalue weighted by Crippen LogP contribution is -2.17. The van der Waals surface area contributed by atoms with Crippen LogP contribution in [0.2, 0.25) is 0 Å². The molecule has 0 aliphatic carbocycles. The molecule has 0 unspecified atom stereocenters. The van der Waals surface area contributed by atoms with E-state index in [4.69, 9.17) is 9.47 Å². The van der Waals surface area contributed by atoms with Gasteiger partial charge in [-0.25, -0.2) is 9.59 Å². The monoisotopic (exact) mass is 518 g/mol. The summed E-state index contributed by atoms with van der Waals surface area (Å²) in [6.45, 7) is 7.75. The Morgan fingerprint density at radius 3 is 2.43 bits per heavy atom. The normalized spacial score (nSPS) is 10.7. The second-order valence-corrected chi connectivity index (χ2v) is 9.07. The first-order valence-corrected chi connectivity index (χ1v) is 12.7. The van der Waals surface area contributed by atoms with Gasteiger partial charge in [-0.1, -0.05) is 23.9 Å². The number of nitrogens with zero attached hydrogens (tertiary/aromatic N) is 3. The molecule has 0 radical (unpaired) electrons. The largest absolute Gasteiger partial charge is 0.507 e. The van der Waals surface area contributed by atoms with Gasteiger partial charge in [0.15, 0.2) is 11.0 Å². The number of thioether (sulfide) groups is 1. The third kappa shape index (κ3) is 5.82. The number of aromatic hydroxyl groups is 1. The maximum absolute atomic E-state index is 12.8. The first-order chi connectivity index (χ1) is 16.8. The van der Waals surface area contributed by atoms with Gasteiger partial charge in [-0.05, 0) is 45.4 Å². The molecule has 186 valence electrons. The molecule has 1 aromatic carbocycles. The van der Waals surface area contributed by atoms with E-state index in [-0.39, 0.29) is 40.2 Å². The number of nitrogens with one attached hydrogen (secondary N) is 1. The van der Waals surface area contributed by atoms with Crippen molar-refractivity contribution in [3.8, 4) is 17.1 Å². The molecule has 2 heterocycles. The maximum atomic E-state index is 12.8. The average Bonchev–Trinajstić information content (AvgIpc) is 3.38. The lowest BCUT2D eigenvalue weighted by Gasteiger charge is -2.09. The number of para-hydroxylation sites is 1. The fourth-order valence-corrected chi connectivity index (χ4v) is 5.18. The number of esters is 2. The van der Waals surface area contributed by atoms with Gasteiger partial charge in [0.2, 0.25) is 5.91 Å². The minimum absolute atomic E-state index is 0.0210. The van der Waals surface area contributed by atoms with Gasteiger partial charge in [0.05, 0.1) is 30.1 Å². The zero-order valence-electron chi connectivity index (χ0n) is 19.8. The number of phenols is 1. The Balaban J connectivity index is 1.79. The van der Waals surface area contributed by atoms with E-state index >= 15 is 0 Å². The highest BCUT2D eigenvalue weighted by Crippen LogP contribution is 2.35. The number of amides is 1. The van der Waals surface area contributed by atoms with Gasteiger partial charge in [0, 0.05) is 6.54 Å². The number of rotatable bonds is 10. The van der Waals surface area contributed by atoms with Crippen molar-refractivity contribution in [2.75, 3.05) is 24.3 Å². The van der Waals surface area contributed by atoms with Crippen molar-refractivity contribution >= 4 is 45.9 Å². The van der Waals surface area contributed by atoms with Gasteiger partial charge in [-0.2, -0.15) is 0 Å². The summed E-state index contributed by atoms with van der Waals surface area (Å²) in [6.07, 6.45) is 0. The predicted octanol–water partition coefficient (Wildman–Crippen LogP) is 4.12. The molecule has 3 aromatic rings. The lowest BCUT2D eigenvalue weighted by molar-refractivity contribution is -0.113. The molecule has 10 nitrogen and oxygen atoms in total. The molecule has 3 rings (SSSR count). The van der Waals surface area contributed by atoms with E-state index in [0.29, 0.717) is 28.7 Å². The van der Waals surface area contributed by atoms with Crippen LogP contribution in [0.4, 0.5) is 5.00 Å². The number of carbonyl (C=O) groups is 3. The summed E-state index contributed by atoms with van der Waals surface area (Å²) in [5, 5.41) is 21.9. The Bertz CT molecular complexity index is 1240. The summed E-state index contributed by atoms with van der Waals surface area (Å²) in [7, 11) is 0. The average molecular weight is 519 g/mol. The summed E-state index contributed by atoms with van der Waals surface area (Å²) in [5.41, 5.74) is 1.07. The Labute approximate surface area is 210 Å². The fraction of sp³-hybridized carbons (Fsp3) is 0.348. The molecule has 2 aromatic heterocycles. The van der Waals surface area contributed by atoms with Gasteiger partial charge >= 0.3 is 11.9 Å². The molecule has 2 N–H and O–H groups in total. The molecular formula is C23H26N4O6S2. The van der Waals surface area contributed by atoms with E-state index in [9.17, 15) is 19.5 Å². The van der Waals surface area contributed by atoms with Crippen LogP contribution in [0, 0.1) is 6.92 Å². The van der Waals surface area contributed by atoms with Gasteiger partial charge in [-0.15, -0.1) is 21.5 Å². The van der Waals surface area contributed by atoms with Crippen molar-refractivity contribution in [2.45, 2.75) is 39.4 Å². The third-order valence-corrected chi connectivity index (χ3v) is 7.00. The van der Waals surface area contributed by atoms with Crippen LogP contribution in [-0.2, 0) is 20.8 Å². The van der Waals surface area contributed by atoms with Crippen LogP contribution in [0.25, 0.3) is 11.4 Å². The van der Waals surface area contributed by atoms with Gasteiger partial charge in [0.25, 0.3) is 0 Å². The van der Waals surface area contributed by atoms with Crippen molar-refractivity contribution in [3.05, 3.63) is 40.3 Å². The molecule has 0 fully saturated rings. The highest BCUT2D eigenvalue weighted by Gasteiger charge is 2.27. The van der Waals surface area contributed by atoms with E-state index in [1.54, 1.807) is 49.6 Å². The first kappa shape index (κ1) is 26.2. The SMILES string of the molecule is CCOC(=O)c1sc(NC(=O)CSc2nnc(-c3ccccc3O)n2CC)c(C(=O)OCC)c1C. The molecule has 0 atom stereocenters. The van der Waals surface area contributed by atoms with Crippen LogP contribution in [-0.4, -0.2) is 56.7 Å². The van der Waals surface area contributed by atoms with E-state index in [0.717, 1.165) is 23.1 Å². The Morgan fingerprint density at radius 2 is 1.77 bits per heavy atom. The minimum atomic E-state index is -0.627. The maximum Gasteiger partial charge on any atom is 0.348 e. The van der Waals surface area contributed by atoms with Gasteiger partial charge in [0.1, 0.15) is 15.6 Å². The first-order valence-electron chi connectivity index (χ1n) is 10.9. The number of thiophene rings is 1. The van der Waals surface area contributed by atoms with E-state index < -0.39 is 17.8 Å². The summed E-state index contributed by atoms with van der Waals surface area (Å²) in [5.74, 6) is -1.04. The molecule has 1 amide bonds. The summed E-state index contributed by atoms with van der Waals surface area (Å²) >= 11 is 2.13. The molecule has 0 saturated heterocycles. The van der Waals surface area contributed by atoms with Crippen molar-refractivity contribution in [3.63, 3.8) is 0 Å². The topological polar surface area (TPSA) is 133 Å². The summed E-state index contributed by atoms with van der Waals surface area (Å²) < 4.78 is 12.0. The number of aromatic nitrogens is 3. The molecule has 0 aliphatic rings. The predicted molar refractivity (Wildman–Crippen MR) is 133 cm³/mol. The van der Waals surface area contributed by atoms with Crippen LogP contribution >= 0.6 is 23.1 Å². The van der Waals surface area contributed by atoms with E-state index in [1.807, 2.05) is 6.92 Å². The second kappa shape index (κ2) is 11.8. The summed E-state index contributed by atoms with van der Waals surface area (Å²) in [6, 6.07) is 6.82. The highest BCUT2D eigenvalue weighted by molar-refractivity contribution is 7.99. The number of hydrogen-bond acceptors (Lipinski definition) is 10. The molecule has 0 spiro atoms. The number of benzene rings is 1. The third-order valence-electron chi connectivity index (χ3n) is 4.85. The Morgan fingerprint density at radius 1 is 1.09 bits per heavy atom. The van der Waals surface area contributed by atoms with Crippen LogP contribution < -0.4 is 5.32 Å². The van der Waals surface area contributed by atoms with Crippen LogP contribution in [0.15, 0.2) is 29.4 Å². The van der Waals surface area contributed by atoms with E-state index in [2.05, 4.69) is 15.5 Å². The molecule has 12 heteroatoms. The van der Waals surface area contributed by atoms with Crippen molar-refractivity contribution in [2.24, 2.45) is 0 Å². The van der Waals surface area contributed by atoms with Crippen molar-refractivity contribution in [1.29, 1.82) is 0 Å². The van der Waals surface area contributed by atoms with Crippen molar-refractivity contribution in [1.82, 2.24) is 14.8 Å². The molecule has 0 aliphatic heterocycles. The smallest absolute Gasteiger partial charge is 0.348 e. The van der Waals surface area contributed by atoms with Crippen LogP contribution in [0.5, 0.6) is 5.75 Å². The standard InChI is InChI=1S/C23H26N4O6S2/c1-5-27-19(14-10-8-9-11-15(14)28)25-26-23(27)34-12-16(29)24-20-17(21(30)32-6-2)13(4)18(35-20)22(31)33-7-3/h8-11,28H,5-7,12H2,1-4H3,(H,24,29). The number of phenolic OH excluding ortho intramolecular Hbond substituents is 1. The Hall–Kier alpha value is -3.38.